The smallest absolute Gasteiger partial charge is 0.265 e. The summed E-state index contributed by atoms with van der Waals surface area (Å²) < 4.78 is 57.8. The molecule has 1 aliphatic rings. The average Bonchev–Trinajstić information content (AvgIpc) is 3.19. The van der Waals surface area contributed by atoms with Gasteiger partial charge in [0.2, 0.25) is 12.2 Å². The highest BCUT2D eigenvalue weighted by atomic mass is 35.6. The minimum absolute atomic E-state index is 0.0495. The maximum absolute atomic E-state index is 8.47. The number of nitrogens with one attached hydrogen (secondary N) is 1. The van der Waals surface area contributed by atoms with Crippen LogP contribution >= 0.6 is 34.8 Å². The number of methoxy groups -OCH3 is 4. The lowest BCUT2D eigenvalue weighted by Gasteiger charge is -2.46. The molecule has 0 spiro atoms. The number of hydrogen-bond donors (Lipinski definition) is 1. The standard InChI is InChI=1S/C40H44Cl3NO10/c1-45-30-13-5-26(6-14-30)21-49-25-34-35(50-22-27-7-15-31(46-2)16-8-27)36(51-23-28-9-17-32(47-3)18-10-28)37(38(53-34)54-39(44)40(41,42)43)52-24-29-11-19-33(48-4)20-12-29/h5-20,34-38,44H,21-25H2,1-4H3/t34?,35-,36?,37+,38?/m1/s1. The first-order chi connectivity index (χ1) is 26.1. The Bertz CT molecular complexity index is 1720. The second-order valence-corrected chi connectivity index (χ2v) is 14.5. The Labute approximate surface area is 330 Å². The lowest BCUT2D eigenvalue weighted by Crippen LogP contribution is -2.62. The molecular weight excluding hydrogens is 761 g/mol. The van der Waals surface area contributed by atoms with Gasteiger partial charge in [0.25, 0.3) is 3.79 Å². The van der Waals surface area contributed by atoms with E-state index < -0.39 is 40.4 Å². The monoisotopic (exact) mass is 803 g/mol. The second kappa shape index (κ2) is 20.2. The Kier molecular flexibility index (Phi) is 15.5. The van der Waals surface area contributed by atoms with Gasteiger partial charge in [0.15, 0.2) is 0 Å². The molecule has 0 amide bonds. The molecule has 4 aromatic carbocycles. The fraction of sp³-hybridized carbons (Fsp3) is 0.375. The Balaban J connectivity index is 1.48. The van der Waals surface area contributed by atoms with Crippen LogP contribution in [-0.2, 0) is 54.8 Å². The molecule has 1 heterocycles. The van der Waals surface area contributed by atoms with Crippen LogP contribution < -0.4 is 18.9 Å². The molecule has 3 unspecified atom stereocenters. The van der Waals surface area contributed by atoms with E-state index in [1.807, 2.05) is 97.1 Å². The lowest BCUT2D eigenvalue weighted by molar-refractivity contribution is -0.313. The summed E-state index contributed by atoms with van der Waals surface area (Å²) >= 11 is 18.3. The van der Waals surface area contributed by atoms with E-state index in [4.69, 9.17) is 87.6 Å². The molecule has 290 valence electrons. The van der Waals surface area contributed by atoms with Gasteiger partial charge in [0.05, 0.1) is 61.5 Å². The van der Waals surface area contributed by atoms with Crippen LogP contribution in [0.4, 0.5) is 0 Å². The summed E-state index contributed by atoms with van der Waals surface area (Å²) in [6.07, 6.45) is -4.68. The molecule has 5 atom stereocenters. The number of hydrogen-bond acceptors (Lipinski definition) is 11. The first kappa shape index (κ1) is 41.4. The Morgan fingerprint density at radius 3 is 1.26 bits per heavy atom. The molecule has 14 heteroatoms. The highest BCUT2D eigenvalue weighted by Gasteiger charge is 2.51. The fourth-order valence-electron chi connectivity index (χ4n) is 5.62. The molecule has 1 N–H and O–H groups in total. The zero-order chi connectivity index (χ0) is 38.5. The topological polar surface area (TPSA) is 116 Å². The van der Waals surface area contributed by atoms with Crippen molar-refractivity contribution in [3.05, 3.63) is 119 Å². The number of ether oxygens (including phenoxy) is 10. The largest absolute Gasteiger partial charge is 0.497 e. The van der Waals surface area contributed by atoms with Crippen LogP contribution in [0.15, 0.2) is 97.1 Å². The third-order valence-corrected chi connectivity index (χ3v) is 9.11. The predicted molar refractivity (Wildman–Crippen MR) is 205 cm³/mol. The Hall–Kier alpha value is -3.78. The van der Waals surface area contributed by atoms with E-state index in [0.717, 1.165) is 28.0 Å². The van der Waals surface area contributed by atoms with E-state index in [1.54, 1.807) is 28.4 Å². The molecular formula is C40H44Cl3NO10. The third kappa shape index (κ3) is 11.9. The van der Waals surface area contributed by atoms with Gasteiger partial charge in [0, 0.05) is 0 Å². The van der Waals surface area contributed by atoms with Crippen LogP contribution in [0.5, 0.6) is 23.0 Å². The van der Waals surface area contributed by atoms with Crippen LogP contribution in [0.25, 0.3) is 0 Å². The minimum atomic E-state index is -2.18. The molecule has 4 aromatic rings. The van der Waals surface area contributed by atoms with E-state index in [9.17, 15) is 0 Å². The molecule has 1 aliphatic heterocycles. The van der Waals surface area contributed by atoms with Crippen LogP contribution in [0.3, 0.4) is 0 Å². The summed E-state index contributed by atoms with van der Waals surface area (Å²) in [7, 11) is 6.42. The lowest BCUT2D eigenvalue weighted by atomic mass is 9.97. The normalized spacial score (nSPS) is 19.9. The zero-order valence-corrected chi connectivity index (χ0v) is 32.6. The Morgan fingerprint density at radius 2 is 0.889 bits per heavy atom. The minimum Gasteiger partial charge on any atom is -0.497 e. The highest BCUT2D eigenvalue weighted by Crippen LogP contribution is 2.35. The SMILES string of the molecule is COc1ccc(COCC2OC(OC(=N)C(Cl)(Cl)Cl)[C@@H](OCc3ccc(OC)cc3)C(OCc3ccc(OC)cc3)[C@@H]2OCc2ccc(OC)cc2)cc1. The molecule has 0 radical (unpaired) electrons. The van der Waals surface area contributed by atoms with Gasteiger partial charge in [-0.25, -0.2) is 0 Å². The third-order valence-electron chi connectivity index (χ3n) is 8.60. The van der Waals surface area contributed by atoms with Crippen LogP contribution in [0.2, 0.25) is 0 Å². The van der Waals surface area contributed by atoms with Crippen molar-refractivity contribution >= 4 is 40.7 Å². The highest BCUT2D eigenvalue weighted by molar-refractivity contribution is 6.76. The number of alkyl halides is 3. The quantitative estimate of drug-likeness (QED) is 0.0602. The summed E-state index contributed by atoms with van der Waals surface area (Å²) in [5.41, 5.74) is 3.50. The molecule has 0 aliphatic carbocycles. The van der Waals surface area contributed by atoms with E-state index in [0.29, 0.717) is 17.2 Å². The predicted octanol–water partition coefficient (Wildman–Crippen LogP) is 8.08. The van der Waals surface area contributed by atoms with Crippen molar-refractivity contribution in [3.63, 3.8) is 0 Å². The molecule has 1 fully saturated rings. The van der Waals surface area contributed by atoms with Crippen molar-refractivity contribution in [2.75, 3.05) is 35.0 Å². The van der Waals surface area contributed by atoms with Crippen LogP contribution in [-0.4, -0.2) is 75.4 Å². The van der Waals surface area contributed by atoms with Gasteiger partial charge in [0.1, 0.15) is 47.4 Å². The van der Waals surface area contributed by atoms with E-state index in [1.165, 1.54) is 0 Å². The molecule has 5 rings (SSSR count). The molecule has 54 heavy (non-hydrogen) atoms. The molecule has 11 nitrogen and oxygen atoms in total. The van der Waals surface area contributed by atoms with Crippen LogP contribution in [0, 0.1) is 5.41 Å². The summed E-state index contributed by atoms with van der Waals surface area (Å²) in [5, 5.41) is 8.47. The molecule has 0 saturated carbocycles. The summed E-state index contributed by atoms with van der Waals surface area (Å²) in [6.45, 7) is 0.780. The average molecular weight is 805 g/mol. The van der Waals surface area contributed by atoms with Gasteiger partial charge in [-0.1, -0.05) is 83.3 Å². The van der Waals surface area contributed by atoms with Gasteiger partial charge in [-0.15, -0.1) is 0 Å². The van der Waals surface area contributed by atoms with Crippen molar-refractivity contribution in [2.45, 2.75) is 60.9 Å². The van der Waals surface area contributed by atoms with Crippen molar-refractivity contribution in [1.82, 2.24) is 0 Å². The van der Waals surface area contributed by atoms with E-state index >= 15 is 0 Å². The maximum Gasteiger partial charge on any atom is 0.265 e. The number of benzene rings is 4. The maximum atomic E-state index is 8.47. The van der Waals surface area contributed by atoms with E-state index in [-0.39, 0.29) is 33.0 Å². The van der Waals surface area contributed by atoms with Crippen molar-refractivity contribution in [2.24, 2.45) is 0 Å². The van der Waals surface area contributed by atoms with Gasteiger partial charge in [-0.3, -0.25) is 5.41 Å². The van der Waals surface area contributed by atoms with Gasteiger partial charge < -0.3 is 47.4 Å². The first-order valence-corrected chi connectivity index (χ1v) is 18.2. The molecule has 0 aromatic heterocycles. The summed E-state index contributed by atoms with van der Waals surface area (Å²) in [5.74, 6) is 2.20. The fourth-order valence-corrected chi connectivity index (χ4v) is 5.75. The Morgan fingerprint density at radius 1 is 0.537 bits per heavy atom. The number of rotatable bonds is 18. The molecule has 0 bridgehead atoms. The number of halogens is 3. The second-order valence-electron chi connectivity index (χ2n) is 12.2. The summed E-state index contributed by atoms with van der Waals surface area (Å²) in [4.78, 5) is 0. The van der Waals surface area contributed by atoms with Crippen molar-refractivity contribution in [1.29, 1.82) is 5.41 Å². The van der Waals surface area contributed by atoms with Gasteiger partial charge >= 0.3 is 0 Å². The molecule has 1 saturated heterocycles. The first-order valence-electron chi connectivity index (χ1n) is 17.0. The zero-order valence-electron chi connectivity index (χ0n) is 30.4. The van der Waals surface area contributed by atoms with E-state index in [2.05, 4.69) is 0 Å². The van der Waals surface area contributed by atoms with Gasteiger partial charge in [-0.2, -0.15) is 0 Å². The van der Waals surface area contributed by atoms with Crippen molar-refractivity contribution in [3.8, 4) is 23.0 Å². The van der Waals surface area contributed by atoms with Crippen molar-refractivity contribution < 1.29 is 47.4 Å². The van der Waals surface area contributed by atoms with Crippen LogP contribution in [0.1, 0.15) is 22.3 Å². The summed E-state index contributed by atoms with van der Waals surface area (Å²) in [6, 6.07) is 30.0. The van der Waals surface area contributed by atoms with Gasteiger partial charge in [-0.05, 0) is 70.8 Å².